The Labute approximate surface area is 152 Å². The second kappa shape index (κ2) is 8.64. The summed E-state index contributed by atoms with van der Waals surface area (Å²) in [7, 11) is 1.55. The zero-order chi connectivity index (χ0) is 19.3. The molecule has 1 saturated carbocycles. The molecule has 2 N–H and O–H groups in total. The zero-order valence-corrected chi connectivity index (χ0v) is 15.3. The van der Waals surface area contributed by atoms with E-state index >= 15 is 0 Å². The van der Waals surface area contributed by atoms with Crippen LogP contribution in [0.15, 0.2) is 18.2 Å². The number of hydrogen-bond donors (Lipinski definition) is 2. The van der Waals surface area contributed by atoms with Gasteiger partial charge in [-0.05, 0) is 30.4 Å². The fourth-order valence-corrected chi connectivity index (χ4v) is 3.27. The highest BCUT2D eigenvalue weighted by Gasteiger charge is 2.28. The van der Waals surface area contributed by atoms with E-state index < -0.39 is 17.5 Å². The molecule has 1 aliphatic rings. The molecule has 1 aliphatic carbocycles. The van der Waals surface area contributed by atoms with E-state index in [1.807, 2.05) is 0 Å². The van der Waals surface area contributed by atoms with E-state index in [0.29, 0.717) is 17.5 Å². The van der Waals surface area contributed by atoms with Crippen LogP contribution >= 0.6 is 0 Å². The third kappa shape index (κ3) is 4.71. The Morgan fingerprint density at radius 2 is 2.04 bits per heavy atom. The van der Waals surface area contributed by atoms with Gasteiger partial charge in [0.1, 0.15) is 5.69 Å². The number of amides is 1. The predicted molar refractivity (Wildman–Crippen MR) is 97.0 cm³/mol. The third-order valence-electron chi connectivity index (χ3n) is 5.09. The van der Waals surface area contributed by atoms with E-state index in [1.165, 1.54) is 12.1 Å². The maximum absolute atomic E-state index is 12.1. The summed E-state index contributed by atoms with van der Waals surface area (Å²) in [5, 5.41) is 16.7. The van der Waals surface area contributed by atoms with Crippen LogP contribution in [-0.4, -0.2) is 36.5 Å². The van der Waals surface area contributed by atoms with Gasteiger partial charge in [0.15, 0.2) is 6.61 Å². The number of carbonyl (C=O) groups is 2. The molecule has 1 fully saturated rings. The lowest BCUT2D eigenvalue weighted by molar-refractivity contribution is -0.384. The average Bonchev–Trinajstić information content (AvgIpc) is 2.62. The molecule has 0 aliphatic heterocycles. The van der Waals surface area contributed by atoms with E-state index in [2.05, 4.69) is 24.5 Å². The Bertz CT molecular complexity index is 691. The van der Waals surface area contributed by atoms with E-state index in [-0.39, 0.29) is 23.2 Å². The molecule has 2 rings (SSSR count). The Hall–Kier alpha value is -2.64. The molecule has 26 heavy (non-hydrogen) atoms. The topological polar surface area (TPSA) is 111 Å². The minimum atomic E-state index is -0.768. The number of carbonyl (C=O) groups excluding carboxylic acids is 2. The summed E-state index contributed by atoms with van der Waals surface area (Å²) in [6.45, 7) is 3.88. The van der Waals surface area contributed by atoms with E-state index in [1.54, 1.807) is 7.05 Å². The zero-order valence-electron chi connectivity index (χ0n) is 15.3. The van der Waals surface area contributed by atoms with Gasteiger partial charge in [-0.15, -0.1) is 0 Å². The van der Waals surface area contributed by atoms with Crippen molar-refractivity contribution in [1.29, 1.82) is 0 Å². The van der Waals surface area contributed by atoms with Crippen molar-refractivity contribution in [3.63, 3.8) is 0 Å². The number of nitro groups is 1. The number of rotatable bonds is 6. The number of ether oxygens (including phenoxy) is 1. The minimum Gasteiger partial charge on any atom is -0.452 e. The monoisotopic (exact) mass is 363 g/mol. The van der Waals surface area contributed by atoms with E-state index in [4.69, 9.17) is 4.74 Å². The standard InChI is InChI=1S/C18H25N3O5/c1-11-5-4-6-14(12(11)2)20-17(22)10-26-18(23)13-7-8-15(19-3)16(9-13)21(24)25/h7-9,11-12,14,19H,4-6,10H2,1-3H3,(H,20,22)/t11-,12+,14-/m0/s1. The number of anilines is 1. The Morgan fingerprint density at radius 3 is 2.69 bits per heavy atom. The molecule has 0 aromatic heterocycles. The Morgan fingerprint density at radius 1 is 1.31 bits per heavy atom. The number of nitro benzene ring substituents is 1. The summed E-state index contributed by atoms with van der Waals surface area (Å²) in [6, 6.07) is 4.07. The number of nitrogens with zero attached hydrogens (tertiary/aromatic N) is 1. The molecule has 1 amide bonds. The summed E-state index contributed by atoms with van der Waals surface area (Å²) in [5.74, 6) is -0.204. The molecule has 1 aromatic carbocycles. The first-order valence-electron chi connectivity index (χ1n) is 8.76. The number of esters is 1. The lowest BCUT2D eigenvalue weighted by Crippen LogP contribution is -2.45. The maximum Gasteiger partial charge on any atom is 0.338 e. The smallest absolute Gasteiger partial charge is 0.338 e. The maximum atomic E-state index is 12.1. The first-order chi connectivity index (χ1) is 12.3. The molecule has 0 radical (unpaired) electrons. The summed E-state index contributed by atoms with van der Waals surface area (Å²) < 4.78 is 5.01. The molecule has 8 heteroatoms. The van der Waals surface area contributed by atoms with Gasteiger partial charge < -0.3 is 15.4 Å². The molecular formula is C18H25N3O5. The van der Waals surface area contributed by atoms with Gasteiger partial charge in [0.25, 0.3) is 11.6 Å². The van der Waals surface area contributed by atoms with Crippen molar-refractivity contribution in [1.82, 2.24) is 5.32 Å². The molecule has 8 nitrogen and oxygen atoms in total. The molecule has 0 unspecified atom stereocenters. The number of hydrogen-bond acceptors (Lipinski definition) is 6. The molecular weight excluding hydrogens is 338 g/mol. The fraction of sp³-hybridized carbons (Fsp3) is 0.556. The Balaban J connectivity index is 1.93. The van der Waals surface area contributed by atoms with Crippen LogP contribution in [0.4, 0.5) is 11.4 Å². The van der Waals surface area contributed by atoms with Crippen LogP contribution in [-0.2, 0) is 9.53 Å². The lowest BCUT2D eigenvalue weighted by atomic mass is 9.78. The van der Waals surface area contributed by atoms with Crippen LogP contribution in [0, 0.1) is 22.0 Å². The van der Waals surface area contributed by atoms with Gasteiger partial charge in [0.05, 0.1) is 10.5 Å². The predicted octanol–water partition coefficient (Wildman–Crippen LogP) is 2.73. The summed E-state index contributed by atoms with van der Waals surface area (Å²) in [4.78, 5) is 34.6. The highest BCUT2D eigenvalue weighted by Crippen LogP contribution is 2.29. The highest BCUT2D eigenvalue weighted by molar-refractivity contribution is 5.93. The summed E-state index contributed by atoms with van der Waals surface area (Å²) >= 11 is 0. The van der Waals surface area contributed by atoms with Gasteiger partial charge in [0.2, 0.25) is 0 Å². The molecule has 1 aromatic rings. The molecule has 0 heterocycles. The molecule has 0 saturated heterocycles. The molecule has 0 spiro atoms. The van der Waals surface area contributed by atoms with Gasteiger partial charge in [-0.25, -0.2) is 4.79 Å². The van der Waals surface area contributed by atoms with Gasteiger partial charge in [-0.3, -0.25) is 14.9 Å². The van der Waals surface area contributed by atoms with Crippen molar-refractivity contribution in [2.24, 2.45) is 11.8 Å². The number of benzene rings is 1. The molecule has 0 bridgehead atoms. The largest absolute Gasteiger partial charge is 0.452 e. The third-order valence-corrected chi connectivity index (χ3v) is 5.09. The first-order valence-corrected chi connectivity index (χ1v) is 8.76. The second-order valence-electron chi connectivity index (χ2n) is 6.76. The summed E-state index contributed by atoms with van der Waals surface area (Å²) in [6.07, 6.45) is 3.14. The van der Waals surface area contributed by atoms with Gasteiger partial charge in [0, 0.05) is 19.2 Å². The molecule has 142 valence electrons. The second-order valence-corrected chi connectivity index (χ2v) is 6.76. The van der Waals surface area contributed by atoms with Gasteiger partial charge in [-0.2, -0.15) is 0 Å². The van der Waals surface area contributed by atoms with Crippen molar-refractivity contribution >= 4 is 23.3 Å². The first kappa shape index (κ1) is 19.7. The van der Waals surface area contributed by atoms with Crippen molar-refractivity contribution in [3.8, 4) is 0 Å². The van der Waals surface area contributed by atoms with Crippen molar-refractivity contribution in [2.75, 3.05) is 19.0 Å². The van der Waals surface area contributed by atoms with E-state index in [0.717, 1.165) is 25.3 Å². The van der Waals surface area contributed by atoms with Crippen molar-refractivity contribution < 1.29 is 19.2 Å². The number of nitrogens with one attached hydrogen (secondary N) is 2. The van der Waals surface area contributed by atoms with Crippen LogP contribution in [0.2, 0.25) is 0 Å². The van der Waals surface area contributed by atoms with Crippen molar-refractivity contribution in [2.45, 2.75) is 39.2 Å². The van der Waals surface area contributed by atoms with Gasteiger partial charge >= 0.3 is 5.97 Å². The van der Waals surface area contributed by atoms with Crippen molar-refractivity contribution in [3.05, 3.63) is 33.9 Å². The molecule has 3 atom stereocenters. The van der Waals surface area contributed by atoms with Crippen LogP contribution in [0.5, 0.6) is 0 Å². The quantitative estimate of drug-likeness (QED) is 0.457. The van der Waals surface area contributed by atoms with E-state index in [9.17, 15) is 19.7 Å². The minimum absolute atomic E-state index is 0.0307. The normalized spacial score (nSPS) is 22.3. The van der Waals surface area contributed by atoms with Gasteiger partial charge in [-0.1, -0.05) is 26.7 Å². The van der Waals surface area contributed by atoms with Crippen LogP contribution in [0.3, 0.4) is 0 Å². The lowest BCUT2D eigenvalue weighted by Gasteiger charge is -2.34. The Kier molecular flexibility index (Phi) is 6.54. The van der Waals surface area contributed by atoms with Crippen LogP contribution < -0.4 is 10.6 Å². The van der Waals surface area contributed by atoms with Crippen LogP contribution in [0.1, 0.15) is 43.5 Å². The average molecular weight is 363 g/mol. The SMILES string of the molecule is CNc1ccc(C(=O)OCC(=O)N[C@H]2CCC[C@H](C)[C@H]2C)cc1[N+](=O)[O-]. The summed E-state index contributed by atoms with van der Waals surface area (Å²) in [5.41, 5.74) is 0.101. The highest BCUT2D eigenvalue weighted by atomic mass is 16.6. The fourth-order valence-electron chi connectivity index (χ4n) is 3.27. The van der Waals surface area contributed by atoms with Crippen LogP contribution in [0.25, 0.3) is 0 Å².